The Balaban J connectivity index is 2.11. The molecule has 2 heteroatoms. The molecule has 0 spiro atoms. The largest absolute Gasteiger partial charge is 0.271 e. The van der Waals surface area contributed by atoms with E-state index in [9.17, 15) is 0 Å². The minimum atomic E-state index is 0.207. The molecule has 0 heterocycles. The second-order valence-corrected chi connectivity index (χ2v) is 8.52. The fraction of sp³-hybridized carbons (Fsp3) is 0.684. The smallest absolute Gasteiger partial charge is 0.0488 e. The first-order valence-electron chi connectivity index (χ1n) is 8.29. The molecule has 2 nitrogen and oxygen atoms in total. The van der Waals surface area contributed by atoms with Crippen molar-refractivity contribution in [3.8, 4) is 0 Å². The second kappa shape index (κ2) is 6.10. The van der Waals surface area contributed by atoms with Gasteiger partial charge in [-0.05, 0) is 53.6 Å². The van der Waals surface area contributed by atoms with E-state index in [-0.39, 0.29) is 11.5 Å². The zero-order chi connectivity index (χ0) is 15.7. The maximum atomic E-state index is 5.88. The first-order valence-corrected chi connectivity index (χ1v) is 8.29. The summed E-state index contributed by atoms with van der Waals surface area (Å²) >= 11 is 0. The van der Waals surface area contributed by atoms with Gasteiger partial charge in [0, 0.05) is 6.04 Å². The molecular weight excluding hydrogens is 256 g/mol. The van der Waals surface area contributed by atoms with Gasteiger partial charge in [-0.1, -0.05) is 58.9 Å². The summed E-state index contributed by atoms with van der Waals surface area (Å²) in [5, 5.41) is 0. The highest BCUT2D eigenvalue weighted by Crippen LogP contribution is 2.42. The van der Waals surface area contributed by atoms with Crippen molar-refractivity contribution in [3.63, 3.8) is 0 Å². The number of nitrogens with one attached hydrogen (secondary N) is 1. The predicted molar refractivity (Wildman–Crippen MR) is 90.9 cm³/mol. The van der Waals surface area contributed by atoms with E-state index >= 15 is 0 Å². The van der Waals surface area contributed by atoms with Crippen LogP contribution in [-0.4, -0.2) is 0 Å². The van der Waals surface area contributed by atoms with E-state index in [0.717, 1.165) is 0 Å². The predicted octanol–water partition coefficient (Wildman–Crippen LogP) is 4.70. The molecule has 3 N–H and O–H groups in total. The Morgan fingerprint density at radius 2 is 1.62 bits per heavy atom. The third-order valence-corrected chi connectivity index (χ3v) is 5.17. The quantitative estimate of drug-likeness (QED) is 0.624. The van der Waals surface area contributed by atoms with Crippen LogP contribution in [0, 0.1) is 11.3 Å². The maximum Gasteiger partial charge on any atom is 0.0488 e. The minimum absolute atomic E-state index is 0.207. The van der Waals surface area contributed by atoms with Gasteiger partial charge in [0.25, 0.3) is 0 Å². The number of hydrazine groups is 1. The number of hydrogen-bond donors (Lipinski definition) is 2. The summed E-state index contributed by atoms with van der Waals surface area (Å²) < 4.78 is 0. The molecule has 1 aromatic rings. The van der Waals surface area contributed by atoms with Crippen LogP contribution in [0.4, 0.5) is 0 Å². The highest BCUT2D eigenvalue weighted by atomic mass is 15.2. The molecule has 0 radical (unpaired) electrons. The van der Waals surface area contributed by atoms with Crippen molar-refractivity contribution >= 4 is 0 Å². The van der Waals surface area contributed by atoms with Gasteiger partial charge in [0.15, 0.2) is 0 Å². The van der Waals surface area contributed by atoms with E-state index in [0.29, 0.717) is 11.3 Å². The lowest BCUT2D eigenvalue weighted by atomic mass is 9.70. The summed E-state index contributed by atoms with van der Waals surface area (Å²) in [7, 11) is 0. The molecule has 1 unspecified atom stereocenters. The van der Waals surface area contributed by atoms with Gasteiger partial charge in [0.05, 0.1) is 0 Å². The van der Waals surface area contributed by atoms with Crippen LogP contribution in [0.2, 0.25) is 0 Å². The van der Waals surface area contributed by atoms with Gasteiger partial charge in [-0.2, -0.15) is 0 Å². The van der Waals surface area contributed by atoms with Crippen molar-refractivity contribution in [2.24, 2.45) is 17.2 Å². The summed E-state index contributed by atoms with van der Waals surface area (Å²) in [4.78, 5) is 0. The average molecular weight is 288 g/mol. The molecule has 0 aliphatic heterocycles. The zero-order valence-corrected chi connectivity index (χ0v) is 14.4. The summed E-state index contributed by atoms with van der Waals surface area (Å²) in [6.45, 7) is 11.5. The summed E-state index contributed by atoms with van der Waals surface area (Å²) in [6, 6.07) is 9.31. The maximum absolute atomic E-state index is 5.88. The van der Waals surface area contributed by atoms with Gasteiger partial charge < -0.3 is 0 Å². The van der Waals surface area contributed by atoms with E-state index in [4.69, 9.17) is 5.84 Å². The van der Waals surface area contributed by atoms with Crippen LogP contribution in [0.5, 0.6) is 0 Å². The van der Waals surface area contributed by atoms with Crippen LogP contribution in [0.25, 0.3) is 0 Å². The van der Waals surface area contributed by atoms with Crippen molar-refractivity contribution in [2.75, 3.05) is 0 Å². The molecule has 1 fully saturated rings. The van der Waals surface area contributed by atoms with Crippen molar-refractivity contribution < 1.29 is 0 Å². The number of hydrogen-bond acceptors (Lipinski definition) is 2. The van der Waals surface area contributed by atoms with Crippen LogP contribution in [0.1, 0.15) is 77.5 Å². The van der Waals surface area contributed by atoms with Gasteiger partial charge in [-0.3, -0.25) is 11.3 Å². The Labute approximate surface area is 130 Å². The Bertz CT molecular complexity index is 443. The van der Waals surface area contributed by atoms with Gasteiger partial charge in [0.1, 0.15) is 0 Å². The fourth-order valence-electron chi connectivity index (χ4n) is 3.45. The van der Waals surface area contributed by atoms with Crippen LogP contribution in [0.15, 0.2) is 24.3 Å². The third-order valence-electron chi connectivity index (χ3n) is 5.17. The van der Waals surface area contributed by atoms with Crippen LogP contribution in [0.3, 0.4) is 0 Å². The molecule has 1 atom stereocenters. The van der Waals surface area contributed by atoms with E-state index < -0.39 is 0 Å². The van der Waals surface area contributed by atoms with Crippen molar-refractivity contribution in [1.29, 1.82) is 0 Å². The Hall–Kier alpha value is -0.860. The van der Waals surface area contributed by atoms with Gasteiger partial charge >= 0.3 is 0 Å². The van der Waals surface area contributed by atoms with Crippen molar-refractivity contribution in [2.45, 2.75) is 71.8 Å². The molecule has 1 saturated carbocycles. The lowest BCUT2D eigenvalue weighted by molar-refractivity contribution is 0.161. The first kappa shape index (κ1) is 16.5. The normalized spacial score (nSPS) is 21.2. The Kier molecular flexibility index (Phi) is 4.79. The number of rotatable bonds is 3. The summed E-state index contributed by atoms with van der Waals surface area (Å²) in [5.41, 5.74) is 6.50. The van der Waals surface area contributed by atoms with Crippen molar-refractivity contribution in [1.82, 2.24) is 5.43 Å². The SMILES string of the molecule is CC1(C)CCC(C(NN)c2ccc(C(C)(C)C)cc2)CC1. The average Bonchev–Trinajstić information content (AvgIpc) is 2.41. The topological polar surface area (TPSA) is 38.0 Å². The molecule has 21 heavy (non-hydrogen) atoms. The summed E-state index contributed by atoms with van der Waals surface area (Å²) in [5.74, 6) is 6.53. The zero-order valence-electron chi connectivity index (χ0n) is 14.4. The standard InChI is InChI=1S/C19H32N2/c1-18(2,3)16-8-6-14(7-9-16)17(21-20)15-10-12-19(4,5)13-11-15/h6-9,15,17,21H,10-13,20H2,1-5H3. The van der Waals surface area contributed by atoms with E-state index in [2.05, 4.69) is 64.3 Å². The van der Waals surface area contributed by atoms with Crippen molar-refractivity contribution in [3.05, 3.63) is 35.4 Å². The molecule has 1 aromatic carbocycles. The van der Waals surface area contributed by atoms with E-state index in [1.54, 1.807) is 0 Å². The third kappa shape index (κ3) is 4.08. The molecule has 1 aliphatic carbocycles. The molecule has 0 saturated heterocycles. The molecule has 1 aliphatic rings. The summed E-state index contributed by atoms with van der Waals surface area (Å²) in [6.07, 6.45) is 5.14. The Morgan fingerprint density at radius 3 is 2.05 bits per heavy atom. The molecule has 2 rings (SSSR count). The molecule has 118 valence electrons. The van der Waals surface area contributed by atoms with Gasteiger partial charge in [-0.15, -0.1) is 0 Å². The molecule has 0 aromatic heterocycles. The molecule has 0 amide bonds. The second-order valence-electron chi connectivity index (χ2n) is 8.52. The molecular formula is C19H32N2. The fourth-order valence-corrected chi connectivity index (χ4v) is 3.45. The van der Waals surface area contributed by atoms with Gasteiger partial charge in [-0.25, -0.2) is 0 Å². The number of benzene rings is 1. The van der Waals surface area contributed by atoms with Gasteiger partial charge in [0.2, 0.25) is 0 Å². The Morgan fingerprint density at radius 1 is 1.10 bits per heavy atom. The minimum Gasteiger partial charge on any atom is -0.271 e. The monoisotopic (exact) mass is 288 g/mol. The van der Waals surface area contributed by atoms with Crippen LogP contribution >= 0.6 is 0 Å². The van der Waals surface area contributed by atoms with Crippen LogP contribution < -0.4 is 11.3 Å². The highest BCUT2D eigenvalue weighted by molar-refractivity contribution is 5.29. The van der Waals surface area contributed by atoms with E-state index in [1.807, 2.05) is 0 Å². The lowest BCUT2D eigenvalue weighted by Gasteiger charge is -2.38. The number of nitrogens with two attached hydrogens (primary N) is 1. The molecule has 0 bridgehead atoms. The van der Waals surface area contributed by atoms with E-state index in [1.165, 1.54) is 36.8 Å². The lowest BCUT2D eigenvalue weighted by Crippen LogP contribution is -2.36. The first-order chi connectivity index (χ1) is 9.73. The van der Waals surface area contributed by atoms with Crippen LogP contribution in [-0.2, 0) is 5.41 Å². The highest BCUT2D eigenvalue weighted by Gasteiger charge is 2.31.